The fourth-order valence-electron chi connectivity index (χ4n) is 3.35. The lowest BCUT2D eigenvalue weighted by Crippen LogP contribution is -2.36. The maximum absolute atomic E-state index is 12.7. The number of allylic oxidation sites excluding steroid dienone is 2. The molecular formula is C15H21N3O. The van der Waals surface area contributed by atoms with E-state index in [2.05, 4.69) is 29.1 Å². The van der Waals surface area contributed by atoms with E-state index in [0.29, 0.717) is 11.8 Å². The number of hydrogen-bond donors (Lipinski definition) is 0. The molecule has 2 aliphatic rings. The molecule has 1 aliphatic carbocycles. The highest BCUT2D eigenvalue weighted by Crippen LogP contribution is 2.34. The molecule has 3 atom stereocenters. The Morgan fingerprint density at radius 2 is 2.00 bits per heavy atom. The van der Waals surface area contributed by atoms with Crippen LogP contribution in [0.2, 0.25) is 0 Å². The van der Waals surface area contributed by atoms with Gasteiger partial charge in [-0.15, -0.1) is 0 Å². The van der Waals surface area contributed by atoms with Crippen LogP contribution < -0.4 is 0 Å². The van der Waals surface area contributed by atoms with Crippen molar-refractivity contribution >= 4 is 5.91 Å². The van der Waals surface area contributed by atoms with E-state index in [0.717, 1.165) is 32.4 Å². The molecule has 0 saturated carbocycles. The van der Waals surface area contributed by atoms with Crippen LogP contribution in [0.25, 0.3) is 0 Å². The molecule has 0 spiro atoms. The quantitative estimate of drug-likeness (QED) is 0.781. The first kappa shape index (κ1) is 12.5. The van der Waals surface area contributed by atoms with Crippen molar-refractivity contribution in [1.29, 1.82) is 0 Å². The highest BCUT2D eigenvalue weighted by atomic mass is 16.2. The van der Waals surface area contributed by atoms with Gasteiger partial charge in [0, 0.05) is 25.5 Å². The number of aromatic nitrogens is 2. The Kier molecular flexibility index (Phi) is 3.40. The second-order valence-electron chi connectivity index (χ2n) is 5.62. The largest absolute Gasteiger partial charge is 0.340 e. The lowest BCUT2D eigenvalue weighted by Gasteiger charge is -2.23. The lowest BCUT2D eigenvalue weighted by molar-refractivity contribution is -0.134. The summed E-state index contributed by atoms with van der Waals surface area (Å²) in [5, 5.41) is 4.23. The van der Waals surface area contributed by atoms with Crippen molar-refractivity contribution in [2.45, 2.75) is 32.2 Å². The van der Waals surface area contributed by atoms with Crippen LogP contribution in [-0.4, -0.2) is 33.7 Å². The monoisotopic (exact) mass is 259 g/mol. The summed E-state index contributed by atoms with van der Waals surface area (Å²) in [4.78, 5) is 14.7. The number of nitrogens with zero attached hydrogens (tertiary/aromatic N) is 3. The summed E-state index contributed by atoms with van der Waals surface area (Å²) in [5.41, 5.74) is 0. The highest BCUT2D eigenvalue weighted by molar-refractivity contribution is 5.80. The molecular weight excluding hydrogens is 238 g/mol. The second-order valence-corrected chi connectivity index (χ2v) is 5.62. The van der Waals surface area contributed by atoms with Crippen LogP contribution in [0.3, 0.4) is 0 Å². The number of amides is 1. The molecule has 4 nitrogen and oxygen atoms in total. The lowest BCUT2D eigenvalue weighted by atomic mass is 9.86. The third-order valence-corrected chi connectivity index (χ3v) is 4.45. The van der Waals surface area contributed by atoms with Gasteiger partial charge in [-0.1, -0.05) is 19.1 Å². The molecule has 0 bridgehead atoms. The molecule has 1 aromatic heterocycles. The molecule has 1 saturated heterocycles. The van der Waals surface area contributed by atoms with E-state index in [9.17, 15) is 4.79 Å². The molecule has 4 heteroatoms. The van der Waals surface area contributed by atoms with E-state index >= 15 is 0 Å². The van der Waals surface area contributed by atoms with Gasteiger partial charge in [0.1, 0.15) is 6.04 Å². The Balaban J connectivity index is 1.71. The summed E-state index contributed by atoms with van der Waals surface area (Å²) in [6, 6.07) is 1.74. The van der Waals surface area contributed by atoms with Gasteiger partial charge in [0.2, 0.25) is 5.91 Å². The fourth-order valence-corrected chi connectivity index (χ4v) is 3.35. The van der Waals surface area contributed by atoms with Gasteiger partial charge >= 0.3 is 0 Å². The van der Waals surface area contributed by atoms with Crippen LogP contribution in [0.5, 0.6) is 0 Å². The number of fused-ring (bicyclic) bond motifs is 1. The van der Waals surface area contributed by atoms with E-state index in [1.807, 2.05) is 12.3 Å². The predicted molar refractivity (Wildman–Crippen MR) is 73.5 cm³/mol. The molecule has 0 aromatic carbocycles. The third kappa shape index (κ3) is 2.31. The van der Waals surface area contributed by atoms with Crippen molar-refractivity contribution in [1.82, 2.24) is 14.7 Å². The van der Waals surface area contributed by atoms with E-state index in [4.69, 9.17) is 0 Å². The van der Waals surface area contributed by atoms with E-state index in [1.54, 1.807) is 10.9 Å². The Morgan fingerprint density at radius 1 is 1.32 bits per heavy atom. The van der Waals surface area contributed by atoms with E-state index in [-0.39, 0.29) is 11.9 Å². The van der Waals surface area contributed by atoms with Gasteiger partial charge in [-0.05, 0) is 37.2 Å². The van der Waals surface area contributed by atoms with Gasteiger partial charge < -0.3 is 4.90 Å². The summed E-state index contributed by atoms with van der Waals surface area (Å²) < 4.78 is 1.79. The Bertz CT molecular complexity index is 450. The van der Waals surface area contributed by atoms with E-state index < -0.39 is 0 Å². The van der Waals surface area contributed by atoms with Crippen LogP contribution >= 0.6 is 0 Å². The number of likely N-dealkylation sites (tertiary alicyclic amines) is 1. The number of carbonyl (C=O) groups is 1. The zero-order valence-corrected chi connectivity index (χ0v) is 11.4. The summed E-state index contributed by atoms with van der Waals surface area (Å²) in [6.45, 7) is 3.89. The molecule has 19 heavy (non-hydrogen) atoms. The molecule has 1 unspecified atom stereocenters. The normalized spacial score (nSPS) is 27.3. The standard InChI is InChI=1S/C15H21N3O/c1-2-14(18-9-5-8-16-18)15(19)17-10-12-6-3-4-7-13(12)11-17/h3-5,8-9,12-14H,2,6-7,10-11H2,1H3/t12-,13+,14?. The third-order valence-electron chi connectivity index (χ3n) is 4.45. The van der Waals surface area contributed by atoms with Gasteiger partial charge in [0.25, 0.3) is 0 Å². The molecule has 2 heterocycles. The van der Waals surface area contributed by atoms with Crippen LogP contribution in [0.15, 0.2) is 30.6 Å². The van der Waals surface area contributed by atoms with Crippen LogP contribution in [-0.2, 0) is 4.79 Å². The van der Waals surface area contributed by atoms with Crippen molar-refractivity contribution in [2.24, 2.45) is 11.8 Å². The minimum absolute atomic E-state index is 0.136. The molecule has 102 valence electrons. The van der Waals surface area contributed by atoms with Crippen molar-refractivity contribution in [2.75, 3.05) is 13.1 Å². The van der Waals surface area contributed by atoms with Crippen LogP contribution in [0.1, 0.15) is 32.2 Å². The van der Waals surface area contributed by atoms with Gasteiger partial charge in [-0.3, -0.25) is 9.48 Å². The van der Waals surface area contributed by atoms with Crippen LogP contribution in [0.4, 0.5) is 0 Å². The van der Waals surface area contributed by atoms with Crippen molar-refractivity contribution in [3.63, 3.8) is 0 Å². The summed E-state index contributed by atoms with van der Waals surface area (Å²) in [7, 11) is 0. The number of carbonyl (C=O) groups excluding carboxylic acids is 1. The highest BCUT2D eigenvalue weighted by Gasteiger charge is 2.37. The molecule has 0 N–H and O–H groups in total. The zero-order chi connectivity index (χ0) is 13.2. The molecule has 1 aliphatic heterocycles. The van der Waals surface area contributed by atoms with Gasteiger partial charge in [-0.2, -0.15) is 5.10 Å². The Labute approximate surface area is 114 Å². The SMILES string of the molecule is CCC(C(=O)N1C[C@H]2CC=CC[C@H]2C1)n1cccn1. The van der Waals surface area contributed by atoms with Crippen molar-refractivity contribution in [3.8, 4) is 0 Å². The van der Waals surface area contributed by atoms with Crippen molar-refractivity contribution in [3.05, 3.63) is 30.6 Å². The first-order valence-electron chi connectivity index (χ1n) is 7.22. The summed E-state index contributed by atoms with van der Waals surface area (Å²) >= 11 is 0. The second kappa shape index (κ2) is 5.19. The minimum atomic E-state index is -0.136. The molecule has 0 radical (unpaired) electrons. The summed E-state index contributed by atoms with van der Waals surface area (Å²) in [5.74, 6) is 1.58. The van der Waals surface area contributed by atoms with Gasteiger partial charge in [0.05, 0.1) is 0 Å². The van der Waals surface area contributed by atoms with Gasteiger partial charge in [0.15, 0.2) is 0 Å². The molecule has 1 aromatic rings. The van der Waals surface area contributed by atoms with Gasteiger partial charge in [-0.25, -0.2) is 0 Å². The fraction of sp³-hybridized carbons (Fsp3) is 0.600. The Hall–Kier alpha value is -1.58. The zero-order valence-electron chi connectivity index (χ0n) is 11.4. The average molecular weight is 259 g/mol. The summed E-state index contributed by atoms with van der Waals surface area (Å²) in [6.07, 6.45) is 11.2. The Morgan fingerprint density at radius 3 is 2.53 bits per heavy atom. The average Bonchev–Trinajstić information content (AvgIpc) is 3.08. The minimum Gasteiger partial charge on any atom is -0.340 e. The maximum atomic E-state index is 12.7. The van der Waals surface area contributed by atoms with E-state index in [1.165, 1.54) is 0 Å². The first-order chi connectivity index (χ1) is 9.29. The maximum Gasteiger partial charge on any atom is 0.247 e. The first-order valence-corrected chi connectivity index (χ1v) is 7.22. The molecule has 1 fully saturated rings. The molecule has 1 amide bonds. The molecule has 3 rings (SSSR count). The number of rotatable bonds is 3. The van der Waals surface area contributed by atoms with Crippen LogP contribution in [0, 0.1) is 11.8 Å². The predicted octanol–water partition coefficient (Wildman–Crippen LogP) is 2.26. The number of hydrogen-bond acceptors (Lipinski definition) is 2. The van der Waals surface area contributed by atoms with Crippen molar-refractivity contribution < 1.29 is 4.79 Å². The smallest absolute Gasteiger partial charge is 0.247 e. The topological polar surface area (TPSA) is 38.1 Å².